The van der Waals surface area contributed by atoms with E-state index in [4.69, 9.17) is 20.4 Å². The monoisotopic (exact) mass is 389 g/mol. The maximum absolute atomic E-state index is 11.2. The maximum atomic E-state index is 11.2. The van der Waals surface area contributed by atoms with E-state index < -0.39 is 48.6 Å². The first-order valence-corrected chi connectivity index (χ1v) is 6.97. The first-order valence-electron chi connectivity index (χ1n) is 6.18. The largest absolute Gasteiger partial charge is 0.481 e. The summed E-state index contributed by atoms with van der Waals surface area (Å²) < 4.78 is 0.269. The number of nitrogens with zero attached hydrogens (tertiary/aromatic N) is 1. The molecule has 0 aliphatic carbocycles. The number of rotatable bonds is 8. The van der Waals surface area contributed by atoms with Crippen molar-refractivity contribution in [2.45, 2.75) is 24.7 Å². The van der Waals surface area contributed by atoms with Gasteiger partial charge in [0.15, 0.2) is 0 Å². The van der Waals surface area contributed by atoms with Gasteiger partial charge in [0.2, 0.25) is 0 Å². The fourth-order valence-electron chi connectivity index (χ4n) is 1.88. The number of aliphatic carboxylic acids is 4. The number of aromatic nitrogens is 1. The molecule has 0 saturated carbocycles. The molecule has 4 N–H and O–H groups in total. The zero-order valence-corrected chi connectivity index (χ0v) is 13.1. The number of carbonyl (C=O) groups is 4. The Kier molecular flexibility index (Phi) is 6.19. The number of pyridine rings is 1. The van der Waals surface area contributed by atoms with Gasteiger partial charge >= 0.3 is 23.9 Å². The van der Waals surface area contributed by atoms with E-state index >= 15 is 0 Å². The van der Waals surface area contributed by atoms with Gasteiger partial charge in [-0.2, -0.15) is 0 Å². The predicted molar refractivity (Wildman–Crippen MR) is 77.2 cm³/mol. The van der Waals surface area contributed by atoms with Gasteiger partial charge in [0.1, 0.15) is 11.8 Å². The van der Waals surface area contributed by atoms with Crippen LogP contribution >= 0.6 is 15.9 Å². The lowest BCUT2D eigenvalue weighted by Crippen LogP contribution is -2.21. The molecule has 2 atom stereocenters. The molecule has 1 aromatic heterocycles. The van der Waals surface area contributed by atoms with Crippen molar-refractivity contribution in [3.05, 3.63) is 28.0 Å². The highest BCUT2D eigenvalue weighted by Crippen LogP contribution is 2.27. The average molecular weight is 390 g/mol. The van der Waals surface area contributed by atoms with Crippen LogP contribution in [0.5, 0.6) is 0 Å². The van der Waals surface area contributed by atoms with Crippen molar-refractivity contribution in [2.24, 2.45) is 0 Å². The zero-order valence-electron chi connectivity index (χ0n) is 11.5. The molecule has 0 aromatic carbocycles. The van der Waals surface area contributed by atoms with Gasteiger partial charge < -0.3 is 20.4 Å². The molecule has 10 heteroatoms. The van der Waals surface area contributed by atoms with Gasteiger partial charge in [0.25, 0.3) is 0 Å². The fraction of sp³-hybridized carbons (Fsp3) is 0.308. The standard InChI is InChI=1S/C13H12BrNO8/c14-5-1-8(6(12(20)21)3-10(16)17)15-9(2-5)7(13(22)23)4-11(18)19/h1-2,6-7H,3-4H2,(H,16,17)(H,18,19)(H,20,21)(H,22,23). The predicted octanol–water partition coefficient (Wildman–Crippen LogP) is 1.13. The van der Waals surface area contributed by atoms with Crippen LogP contribution in [0.25, 0.3) is 0 Å². The Labute approximate surface area is 137 Å². The highest BCUT2D eigenvalue weighted by Gasteiger charge is 2.29. The van der Waals surface area contributed by atoms with Gasteiger partial charge in [0, 0.05) is 4.47 Å². The van der Waals surface area contributed by atoms with Gasteiger partial charge in [-0.1, -0.05) is 15.9 Å². The summed E-state index contributed by atoms with van der Waals surface area (Å²) in [6.45, 7) is 0. The van der Waals surface area contributed by atoms with E-state index in [0.717, 1.165) is 0 Å². The van der Waals surface area contributed by atoms with E-state index in [0.29, 0.717) is 0 Å². The SMILES string of the molecule is O=C(O)CC(C(=O)O)c1cc(Br)cc(C(CC(=O)O)C(=O)O)n1. The molecule has 1 heterocycles. The molecule has 0 spiro atoms. The average Bonchev–Trinajstić information content (AvgIpc) is 2.40. The summed E-state index contributed by atoms with van der Waals surface area (Å²) in [7, 11) is 0. The van der Waals surface area contributed by atoms with Crippen molar-refractivity contribution >= 4 is 39.8 Å². The molecule has 0 amide bonds. The molecule has 124 valence electrons. The number of carboxylic acids is 4. The lowest BCUT2D eigenvalue weighted by Gasteiger charge is -2.15. The summed E-state index contributed by atoms with van der Waals surface area (Å²) in [6, 6.07) is 2.51. The molecule has 0 aliphatic heterocycles. The molecule has 0 radical (unpaired) electrons. The van der Waals surface area contributed by atoms with Crippen molar-refractivity contribution in [1.29, 1.82) is 0 Å². The van der Waals surface area contributed by atoms with Crippen LogP contribution in [0.15, 0.2) is 16.6 Å². The molecule has 0 bridgehead atoms. The Morgan fingerprint density at radius 1 is 0.870 bits per heavy atom. The van der Waals surface area contributed by atoms with Crippen LogP contribution < -0.4 is 0 Å². The van der Waals surface area contributed by atoms with E-state index in [1.807, 2.05) is 0 Å². The van der Waals surface area contributed by atoms with E-state index in [9.17, 15) is 19.2 Å². The third kappa shape index (κ3) is 5.33. The second kappa shape index (κ2) is 7.68. The maximum Gasteiger partial charge on any atom is 0.313 e. The number of hydrogen-bond donors (Lipinski definition) is 4. The summed E-state index contributed by atoms with van der Waals surface area (Å²) in [5.74, 6) is -8.56. The van der Waals surface area contributed by atoms with Gasteiger partial charge in [-0.15, -0.1) is 0 Å². The lowest BCUT2D eigenvalue weighted by atomic mass is 9.97. The fourth-order valence-corrected chi connectivity index (χ4v) is 2.35. The van der Waals surface area contributed by atoms with E-state index in [1.54, 1.807) is 0 Å². The molecule has 2 unspecified atom stereocenters. The molecular weight excluding hydrogens is 378 g/mol. The Hall–Kier alpha value is -2.49. The molecule has 1 rings (SSSR count). The van der Waals surface area contributed by atoms with Crippen molar-refractivity contribution < 1.29 is 39.6 Å². The molecular formula is C13H12BrNO8. The van der Waals surface area contributed by atoms with Crippen molar-refractivity contribution in [1.82, 2.24) is 4.98 Å². The highest BCUT2D eigenvalue weighted by molar-refractivity contribution is 9.10. The Morgan fingerprint density at radius 3 is 1.48 bits per heavy atom. The van der Waals surface area contributed by atoms with E-state index in [2.05, 4.69) is 20.9 Å². The summed E-state index contributed by atoms with van der Waals surface area (Å²) in [4.78, 5) is 47.8. The first-order chi connectivity index (χ1) is 10.6. The minimum absolute atomic E-state index is 0.166. The van der Waals surface area contributed by atoms with Crippen LogP contribution in [0, 0.1) is 0 Å². The Balaban J connectivity index is 3.34. The molecule has 9 nitrogen and oxygen atoms in total. The zero-order chi connectivity index (χ0) is 17.7. The van der Waals surface area contributed by atoms with Crippen LogP contribution in [-0.4, -0.2) is 49.3 Å². The van der Waals surface area contributed by atoms with Crippen LogP contribution in [0.1, 0.15) is 36.1 Å². The molecule has 0 aliphatic rings. The second-order valence-corrected chi connectivity index (χ2v) is 5.53. The third-order valence-electron chi connectivity index (χ3n) is 2.90. The van der Waals surface area contributed by atoms with E-state index in [1.165, 1.54) is 12.1 Å². The smallest absolute Gasteiger partial charge is 0.313 e. The topological polar surface area (TPSA) is 162 Å². The summed E-state index contributed by atoms with van der Waals surface area (Å²) in [6.07, 6.45) is -1.48. The van der Waals surface area contributed by atoms with Crippen molar-refractivity contribution in [3.63, 3.8) is 0 Å². The molecule has 0 saturated heterocycles. The van der Waals surface area contributed by atoms with Crippen LogP contribution in [0.4, 0.5) is 0 Å². The highest BCUT2D eigenvalue weighted by atomic mass is 79.9. The minimum atomic E-state index is -1.48. The van der Waals surface area contributed by atoms with Gasteiger partial charge in [0.05, 0.1) is 24.2 Å². The van der Waals surface area contributed by atoms with Crippen LogP contribution in [-0.2, 0) is 19.2 Å². The normalized spacial score (nSPS) is 13.1. The minimum Gasteiger partial charge on any atom is -0.481 e. The summed E-state index contributed by atoms with van der Waals surface area (Å²) in [5.41, 5.74) is -0.332. The first kappa shape index (κ1) is 18.6. The van der Waals surface area contributed by atoms with Crippen molar-refractivity contribution in [3.8, 4) is 0 Å². The van der Waals surface area contributed by atoms with Gasteiger partial charge in [-0.25, -0.2) is 0 Å². The van der Waals surface area contributed by atoms with E-state index in [-0.39, 0.29) is 15.9 Å². The quantitative estimate of drug-likeness (QED) is 0.510. The number of halogens is 1. The van der Waals surface area contributed by atoms with Gasteiger partial charge in [-0.05, 0) is 12.1 Å². The Morgan fingerprint density at radius 2 is 1.22 bits per heavy atom. The Bertz CT molecular complexity index is 607. The second-order valence-electron chi connectivity index (χ2n) is 4.61. The van der Waals surface area contributed by atoms with Gasteiger partial charge in [-0.3, -0.25) is 24.2 Å². The molecule has 0 fully saturated rings. The lowest BCUT2D eigenvalue weighted by molar-refractivity contribution is -0.145. The summed E-state index contributed by atoms with van der Waals surface area (Å²) in [5, 5.41) is 35.8. The molecule has 23 heavy (non-hydrogen) atoms. The van der Waals surface area contributed by atoms with Crippen LogP contribution in [0.3, 0.4) is 0 Å². The van der Waals surface area contributed by atoms with Crippen LogP contribution in [0.2, 0.25) is 0 Å². The van der Waals surface area contributed by atoms with Crippen molar-refractivity contribution in [2.75, 3.05) is 0 Å². The molecule has 1 aromatic rings. The number of hydrogen-bond acceptors (Lipinski definition) is 5. The number of carboxylic acid groups (broad SMARTS) is 4. The third-order valence-corrected chi connectivity index (χ3v) is 3.36. The summed E-state index contributed by atoms with van der Waals surface area (Å²) >= 11 is 3.06.